The number of rotatable bonds is 6. The van der Waals surface area contributed by atoms with Gasteiger partial charge in [0.05, 0.1) is 5.54 Å². The lowest BCUT2D eigenvalue weighted by Crippen LogP contribution is -2.41. The maximum absolute atomic E-state index is 2.34. The van der Waals surface area contributed by atoms with Crippen LogP contribution in [0.4, 0.5) is 0 Å². The largest absolute Gasteiger partial charge is 0.297 e. The molecule has 0 fully saturated rings. The van der Waals surface area contributed by atoms with Gasteiger partial charge in [-0.15, -0.1) is 0 Å². The summed E-state index contributed by atoms with van der Waals surface area (Å²) in [5.41, 5.74) is 0.0962. The second-order valence-electron chi connectivity index (χ2n) is 4.79. The standard InChI is InChI=1S/C14H27N/c1-7-9-11-14(10-8-2,15(5)6)12-13(3)4/h8-11,13H,7,12H2,1-6H3. The van der Waals surface area contributed by atoms with Gasteiger partial charge in [-0.3, -0.25) is 4.90 Å². The predicted octanol–water partition coefficient (Wildman–Crippen LogP) is 3.88. The monoisotopic (exact) mass is 209 g/mol. The molecule has 1 atom stereocenters. The van der Waals surface area contributed by atoms with Crippen molar-refractivity contribution in [2.45, 2.75) is 46.1 Å². The maximum Gasteiger partial charge on any atom is 0.0572 e. The highest BCUT2D eigenvalue weighted by Gasteiger charge is 2.26. The van der Waals surface area contributed by atoms with Crippen molar-refractivity contribution in [1.82, 2.24) is 4.90 Å². The summed E-state index contributed by atoms with van der Waals surface area (Å²) in [5, 5.41) is 0. The lowest BCUT2D eigenvalue weighted by Gasteiger charge is -2.36. The summed E-state index contributed by atoms with van der Waals surface area (Å²) in [4.78, 5) is 2.30. The minimum atomic E-state index is 0.0962. The lowest BCUT2D eigenvalue weighted by molar-refractivity contribution is 0.224. The zero-order valence-corrected chi connectivity index (χ0v) is 11.2. The Balaban J connectivity index is 4.97. The Hall–Kier alpha value is -0.560. The van der Waals surface area contributed by atoms with Crippen molar-refractivity contribution in [1.29, 1.82) is 0 Å². The van der Waals surface area contributed by atoms with Gasteiger partial charge in [-0.25, -0.2) is 0 Å². The highest BCUT2D eigenvalue weighted by molar-refractivity contribution is 5.18. The fraction of sp³-hybridized carbons (Fsp3) is 0.714. The van der Waals surface area contributed by atoms with Crippen molar-refractivity contribution in [3.8, 4) is 0 Å². The van der Waals surface area contributed by atoms with Crippen LogP contribution < -0.4 is 0 Å². The summed E-state index contributed by atoms with van der Waals surface area (Å²) in [6.07, 6.45) is 11.3. The Labute approximate surface area is 95.9 Å². The average molecular weight is 209 g/mol. The summed E-state index contributed by atoms with van der Waals surface area (Å²) >= 11 is 0. The van der Waals surface area contributed by atoms with Gasteiger partial charge in [-0.1, -0.05) is 45.1 Å². The van der Waals surface area contributed by atoms with Gasteiger partial charge in [-0.05, 0) is 39.8 Å². The van der Waals surface area contributed by atoms with Crippen LogP contribution in [0.1, 0.15) is 40.5 Å². The molecule has 1 heteroatoms. The number of hydrogen-bond donors (Lipinski definition) is 0. The number of hydrogen-bond acceptors (Lipinski definition) is 1. The molecule has 0 aliphatic heterocycles. The van der Waals surface area contributed by atoms with E-state index in [9.17, 15) is 0 Å². The molecule has 0 N–H and O–H groups in total. The first kappa shape index (κ1) is 14.4. The van der Waals surface area contributed by atoms with Gasteiger partial charge in [0.1, 0.15) is 0 Å². The molecule has 15 heavy (non-hydrogen) atoms. The number of allylic oxidation sites excluding steroid dienone is 2. The Bertz CT molecular complexity index is 213. The molecule has 88 valence electrons. The number of likely N-dealkylation sites (N-methyl/N-ethyl adjacent to an activating group) is 1. The van der Waals surface area contributed by atoms with Crippen LogP contribution >= 0.6 is 0 Å². The molecular weight excluding hydrogens is 182 g/mol. The van der Waals surface area contributed by atoms with Gasteiger partial charge in [0.25, 0.3) is 0 Å². The molecular formula is C14H27N. The van der Waals surface area contributed by atoms with Crippen molar-refractivity contribution in [3.05, 3.63) is 24.3 Å². The van der Waals surface area contributed by atoms with Crippen LogP contribution in [0, 0.1) is 5.92 Å². The van der Waals surface area contributed by atoms with E-state index in [4.69, 9.17) is 0 Å². The van der Waals surface area contributed by atoms with Crippen LogP contribution in [0.5, 0.6) is 0 Å². The van der Waals surface area contributed by atoms with Crippen molar-refractivity contribution in [2.24, 2.45) is 5.92 Å². The summed E-state index contributed by atoms with van der Waals surface area (Å²) in [7, 11) is 4.31. The van der Waals surface area contributed by atoms with Crippen LogP contribution in [0.25, 0.3) is 0 Å². The summed E-state index contributed by atoms with van der Waals surface area (Å²) < 4.78 is 0. The third-order valence-electron chi connectivity index (χ3n) is 2.67. The van der Waals surface area contributed by atoms with Gasteiger partial charge < -0.3 is 0 Å². The molecule has 0 aromatic carbocycles. The van der Waals surface area contributed by atoms with Crippen molar-refractivity contribution in [2.75, 3.05) is 14.1 Å². The second kappa shape index (κ2) is 6.84. The van der Waals surface area contributed by atoms with E-state index in [1.807, 2.05) is 0 Å². The van der Waals surface area contributed by atoms with Crippen LogP contribution in [0.3, 0.4) is 0 Å². The molecule has 1 nitrogen and oxygen atoms in total. The molecule has 0 heterocycles. The molecule has 1 unspecified atom stereocenters. The maximum atomic E-state index is 2.34. The zero-order valence-electron chi connectivity index (χ0n) is 11.2. The van der Waals surface area contributed by atoms with E-state index < -0.39 is 0 Å². The average Bonchev–Trinajstić information content (AvgIpc) is 2.13. The normalized spacial score (nSPS) is 17.1. The molecule has 0 amide bonds. The first-order valence-electron chi connectivity index (χ1n) is 5.97. The van der Waals surface area contributed by atoms with E-state index in [2.05, 4.69) is 71.0 Å². The zero-order chi connectivity index (χ0) is 11.9. The Kier molecular flexibility index (Phi) is 6.58. The summed E-state index contributed by atoms with van der Waals surface area (Å²) in [5.74, 6) is 0.699. The van der Waals surface area contributed by atoms with Crippen molar-refractivity contribution in [3.63, 3.8) is 0 Å². The molecule has 0 bridgehead atoms. The first-order chi connectivity index (χ1) is 6.98. The Morgan fingerprint density at radius 3 is 2.13 bits per heavy atom. The van der Waals surface area contributed by atoms with E-state index in [0.717, 1.165) is 6.42 Å². The molecule has 0 aromatic rings. The predicted molar refractivity (Wildman–Crippen MR) is 70.1 cm³/mol. The van der Waals surface area contributed by atoms with E-state index in [1.165, 1.54) is 6.42 Å². The second-order valence-corrected chi connectivity index (χ2v) is 4.79. The molecule has 0 radical (unpaired) electrons. The third kappa shape index (κ3) is 4.65. The minimum Gasteiger partial charge on any atom is -0.297 e. The third-order valence-corrected chi connectivity index (χ3v) is 2.67. The van der Waals surface area contributed by atoms with Gasteiger partial charge >= 0.3 is 0 Å². The van der Waals surface area contributed by atoms with E-state index in [-0.39, 0.29) is 5.54 Å². The topological polar surface area (TPSA) is 3.24 Å². The molecule has 0 aromatic heterocycles. The van der Waals surface area contributed by atoms with Crippen LogP contribution in [0.15, 0.2) is 24.3 Å². The highest BCUT2D eigenvalue weighted by Crippen LogP contribution is 2.25. The van der Waals surface area contributed by atoms with E-state index in [1.54, 1.807) is 0 Å². The molecule has 0 saturated heterocycles. The highest BCUT2D eigenvalue weighted by atomic mass is 15.1. The quantitative estimate of drug-likeness (QED) is 0.600. The van der Waals surface area contributed by atoms with Gasteiger partial charge in [0.2, 0.25) is 0 Å². The Morgan fingerprint density at radius 1 is 1.20 bits per heavy atom. The number of nitrogens with zero attached hydrogens (tertiary/aromatic N) is 1. The molecule has 0 aliphatic carbocycles. The minimum absolute atomic E-state index is 0.0962. The van der Waals surface area contributed by atoms with Gasteiger partial charge in [-0.2, -0.15) is 0 Å². The van der Waals surface area contributed by atoms with E-state index in [0.29, 0.717) is 5.92 Å². The van der Waals surface area contributed by atoms with Crippen LogP contribution in [-0.4, -0.2) is 24.5 Å². The fourth-order valence-corrected chi connectivity index (χ4v) is 1.94. The molecule has 0 rings (SSSR count). The van der Waals surface area contributed by atoms with Crippen molar-refractivity contribution >= 4 is 0 Å². The van der Waals surface area contributed by atoms with Crippen LogP contribution in [0.2, 0.25) is 0 Å². The first-order valence-corrected chi connectivity index (χ1v) is 5.97. The lowest BCUT2D eigenvalue weighted by atomic mass is 9.86. The van der Waals surface area contributed by atoms with Gasteiger partial charge in [0.15, 0.2) is 0 Å². The SMILES string of the molecule is CC=CC(C=CCC)(CC(C)C)N(C)C. The van der Waals surface area contributed by atoms with E-state index >= 15 is 0 Å². The van der Waals surface area contributed by atoms with Crippen molar-refractivity contribution < 1.29 is 0 Å². The molecule has 0 aliphatic rings. The van der Waals surface area contributed by atoms with Gasteiger partial charge in [0, 0.05) is 0 Å². The Morgan fingerprint density at radius 2 is 1.80 bits per heavy atom. The smallest absolute Gasteiger partial charge is 0.0572 e. The molecule has 0 saturated carbocycles. The molecule has 0 spiro atoms. The van der Waals surface area contributed by atoms with Crippen LogP contribution in [-0.2, 0) is 0 Å². The summed E-state index contributed by atoms with van der Waals surface area (Å²) in [6.45, 7) is 8.84. The summed E-state index contributed by atoms with van der Waals surface area (Å²) in [6, 6.07) is 0. The fourth-order valence-electron chi connectivity index (χ4n) is 1.94.